The Hall–Kier alpha value is -0.940. The van der Waals surface area contributed by atoms with Crippen molar-refractivity contribution in [1.82, 2.24) is 0 Å². The van der Waals surface area contributed by atoms with Gasteiger partial charge in [-0.3, -0.25) is 0 Å². The fourth-order valence-corrected chi connectivity index (χ4v) is 2.61. The molecule has 1 heterocycles. The maximum absolute atomic E-state index is 10.1. The predicted octanol–water partition coefficient (Wildman–Crippen LogP) is -1.43. The molecule has 0 radical (unpaired) electrons. The summed E-state index contributed by atoms with van der Waals surface area (Å²) in [5.74, 6) is 0. The molecule has 18 heavy (non-hydrogen) atoms. The first kappa shape index (κ1) is 15.1. The van der Waals surface area contributed by atoms with E-state index in [2.05, 4.69) is 0 Å². The van der Waals surface area contributed by atoms with Crippen molar-refractivity contribution in [2.75, 3.05) is 0 Å². The Morgan fingerprint density at radius 3 is 2.50 bits per heavy atom. The van der Waals surface area contributed by atoms with E-state index in [-0.39, 0.29) is 19.0 Å². The number of aromatic nitrogens is 1. The third-order valence-corrected chi connectivity index (χ3v) is 3.92. The van der Waals surface area contributed by atoms with E-state index in [0.717, 1.165) is 16.1 Å². The van der Waals surface area contributed by atoms with Gasteiger partial charge in [-0.05, 0) is 5.56 Å². The van der Waals surface area contributed by atoms with Crippen LogP contribution in [-0.4, -0.2) is 10.2 Å². The van der Waals surface area contributed by atoms with Gasteiger partial charge in [-0.15, -0.1) is 0 Å². The normalized spacial score (nSPS) is 11.9. The average Bonchev–Trinajstić information content (AvgIpc) is 2.71. The summed E-state index contributed by atoms with van der Waals surface area (Å²) in [6, 6.07) is 9.61. The number of aliphatic hydroxyl groups is 2. The summed E-state index contributed by atoms with van der Waals surface area (Å²) in [4.78, 5) is 0.949. The second kappa shape index (κ2) is 6.85. The van der Waals surface area contributed by atoms with E-state index in [1.807, 2.05) is 47.3 Å². The van der Waals surface area contributed by atoms with Crippen LogP contribution in [0.15, 0.2) is 35.8 Å². The van der Waals surface area contributed by atoms with Crippen molar-refractivity contribution in [3.05, 3.63) is 52.0 Å². The van der Waals surface area contributed by atoms with E-state index >= 15 is 0 Å². The first-order chi connectivity index (χ1) is 8.22. The number of hydrogen-bond acceptors (Lipinski definition) is 3. The van der Waals surface area contributed by atoms with E-state index in [1.165, 1.54) is 11.3 Å². The summed E-state index contributed by atoms with van der Waals surface area (Å²) in [7, 11) is 0. The van der Waals surface area contributed by atoms with Crippen LogP contribution >= 0.6 is 11.3 Å². The van der Waals surface area contributed by atoms with Crippen molar-refractivity contribution >= 4 is 11.3 Å². The molecule has 2 N–H and O–H groups in total. The first-order valence-electron chi connectivity index (χ1n) is 5.52. The Morgan fingerprint density at radius 1 is 1.28 bits per heavy atom. The molecule has 1 unspecified atom stereocenters. The lowest BCUT2D eigenvalue weighted by atomic mass is 10.1. The summed E-state index contributed by atoms with van der Waals surface area (Å²) < 4.78 is 1.98. The van der Waals surface area contributed by atoms with E-state index < -0.39 is 6.10 Å². The Kier molecular flexibility index (Phi) is 5.75. The molecule has 0 spiro atoms. The smallest absolute Gasteiger partial charge is 0.225 e. The summed E-state index contributed by atoms with van der Waals surface area (Å²) in [5.41, 5.74) is 3.87. The minimum atomic E-state index is -0.513. The molecular weight excluding hydrogens is 270 g/mol. The lowest BCUT2D eigenvalue weighted by molar-refractivity contribution is -0.706. The number of aliphatic hydroxyl groups excluding tert-OH is 2. The van der Waals surface area contributed by atoms with E-state index in [9.17, 15) is 5.11 Å². The molecule has 0 amide bonds. The fraction of sp³-hybridized carbons (Fsp3) is 0.308. The van der Waals surface area contributed by atoms with E-state index in [0.29, 0.717) is 6.54 Å². The number of nitrogens with zero attached hydrogens (tertiary/aromatic N) is 1. The van der Waals surface area contributed by atoms with Crippen LogP contribution in [0.5, 0.6) is 0 Å². The Bertz CT molecular complexity index is 487. The molecule has 0 fully saturated rings. The number of hydrogen-bond donors (Lipinski definition) is 2. The molecule has 0 aliphatic rings. The van der Waals surface area contributed by atoms with Gasteiger partial charge in [0.25, 0.3) is 0 Å². The number of benzene rings is 1. The van der Waals surface area contributed by atoms with Crippen LogP contribution in [0.2, 0.25) is 0 Å². The van der Waals surface area contributed by atoms with Crippen LogP contribution in [0.4, 0.5) is 0 Å². The standard InChI is InChI=1S/C13H16NO2S.ClH/c1-10-13(8-15)17-9-14(10)7-12(16)11-5-3-2-4-6-11;/h2-6,9,12,15-16H,7-8H2,1H3;1H/q+1;/p-1. The molecule has 1 aromatic carbocycles. The molecule has 0 aliphatic heterocycles. The molecular formula is C13H16ClNO2S. The van der Waals surface area contributed by atoms with Crippen molar-refractivity contribution in [3.63, 3.8) is 0 Å². The van der Waals surface area contributed by atoms with Crippen molar-refractivity contribution in [1.29, 1.82) is 0 Å². The van der Waals surface area contributed by atoms with Crippen LogP contribution in [0.1, 0.15) is 22.2 Å². The molecule has 0 bridgehead atoms. The SMILES string of the molecule is Cc1c(CO)sc[n+]1CC(O)c1ccccc1.[Cl-]. The van der Waals surface area contributed by atoms with E-state index in [1.54, 1.807) is 0 Å². The largest absolute Gasteiger partial charge is 1.00 e. The van der Waals surface area contributed by atoms with Gasteiger partial charge in [-0.25, -0.2) is 0 Å². The highest BCUT2D eigenvalue weighted by atomic mass is 35.5. The van der Waals surface area contributed by atoms with Crippen LogP contribution in [0, 0.1) is 6.92 Å². The molecule has 1 atom stereocenters. The van der Waals surface area contributed by atoms with Gasteiger partial charge >= 0.3 is 0 Å². The molecule has 2 rings (SSSR count). The van der Waals surface area contributed by atoms with Gasteiger partial charge in [0.1, 0.15) is 11.0 Å². The summed E-state index contributed by atoms with van der Waals surface area (Å²) in [6.45, 7) is 2.54. The molecule has 1 aromatic heterocycles. The fourth-order valence-electron chi connectivity index (χ4n) is 1.75. The van der Waals surface area contributed by atoms with Gasteiger partial charge in [0.05, 0.1) is 6.61 Å². The molecule has 0 saturated heterocycles. The highest BCUT2D eigenvalue weighted by Gasteiger charge is 2.19. The lowest BCUT2D eigenvalue weighted by Crippen LogP contribution is -3.00. The van der Waals surface area contributed by atoms with Crippen LogP contribution in [0.25, 0.3) is 0 Å². The molecule has 5 heteroatoms. The summed E-state index contributed by atoms with van der Waals surface area (Å²) >= 11 is 1.52. The van der Waals surface area contributed by atoms with Crippen LogP contribution < -0.4 is 17.0 Å². The third-order valence-electron chi connectivity index (χ3n) is 2.85. The topological polar surface area (TPSA) is 44.3 Å². The Labute approximate surface area is 117 Å². The molecule has 3 nitrogen and oxygen atoms in total. The number of rotatable bonds is 4. The molecule has 0 saturated carbocycles. The van der Waals surface area contributed by atoms with Gasteiger partial charge in [-0.1, -0.05) is 41.7 Å². The maximum atomic E-state index is 10.1. The average molecular weight is 286 g/mol. The molecule has 98 valence electrons. The highest BCUT2D eigenvalue weighted by Crippen LogP contribution is 2.15. The van der Waals surface area contributed by atoms with Crippen molar-refractivity contribution in [3.8, 4) is 0 Å². The zero-order chi connectivity index (χ0) is 12.3. The van der Waals surface area contributed by atoms with Gasteiger partial charge in [0, 0.05) is 6.92 Å². The van der Waals surface area contributed by atoms with Crippen molar-refractivity contribution in [2.24, 2.45) is 0 Å². The zero-order valence-corrected chi connectivity index (χ0v) is 11.7. The lowest BCUT2D eigenvalue weighted by Gasteiger charge is -2.06. The van der Waals surface area contributed by atoms with E-state index in [4.69, 9.17) is 5.11 Å². The van der Waals surface area contributed by atoms with Crippen molar-refractivity contribution < 1.29 is 27.2 Å². The quantitative estimate of drug-likeness (QED) is 0.677. The Morgan fingerprint density at radius 2 is 1.94 bits per heavy atom. The summed E-state index contributed by atoms with van der Waals surface area (Å²) in [6.07, 6.45) is -0.513. The van der Waals surface area contributed by atoms with Crippen LogP contribution in [-0.2, 0) is 13.2 Å². The number of thiazole rings is 1. The molecule has 2 aromatic rings. The third kappa shape index (κ3) is 3.29. The highest BCUT2D eigenvalue weighted by molar-refractivity contribution is 7.09. The molecule has 0 aliphatic carbocycles. The maximum Gasteiger partial charge on any atom is 0.225 e. The van der Waals surface area contributed by atoms with Gasteiger partial charge in [-0.2, -0.15) is 4.57 Å². The second-order valence-corrected chi connectivity index (χ2v) is 4.91. The van der Waals surface area contributed by atoms with Crippen molar-refractivity contribution in [2.45, 2.75) is 26.2 Å². The minimum absolute atomic E-state index is 0. The summed E-state index contributed by atoms with van der Waals surface area (Å²) in [5, 5.41) is 19.2. The predicted molar refractivity (Wildman–Crippen MR) is 66.6 cm³/mol. The Balaban J connectivity index is 0.00000162. The van der Waals surface area contributed by atoms with Gasteiger partial charge < -0.3 is 22.6 Å². The van der Waals surface area contributed by atoms with Crippen LogP contribution in [0.3, 0.4) is 0 Å². The zero-order valence-electron chi connectivity index (χ0n) is 10.1. The first-order valence-corrected chi connectivity index (χ1v) is 6.40. The second-order valence-electron chi connectivity index (χ2n) is 3.97. The monoisotopic (exact) mass is 285 g/mol. The van der Waals surface area contributed by atoms with Gasteiger partial charge in [0.2, 0.25) is 5.51 Å². The van der Waals surface area contributed by atoms with Gasteiger partial charge in [0.15, 0.2) is 12.2 Å². The minimum Gasteiger partial charge on any atom is -1.00 e. The number of halogens is 1.